The summed E-state index contributed by atoms with van der Waals surface area (Å²) in [6, 6.07) is 13.2. The molecule has 1 heterocycles. The minimum atomic E-state index is -3.23. The van der Waals surface area contributed by atoms with Crippen LogP contribution in [0.4, 0.5) is 0 Å². The van der Waals surface area contributed by atoms with Crippen molar-refractivity contribution in [3.05, 3.63) is 70.1 Å². The number of hydrogen-bond donors (Lipinski definition) is 0. The average Bonchev–Trinajstić information content (AvgIpc) is 2.51. The van der Waals surface area contributed by atoms with Crippen LogP contribution in [0.2, 0.25) is 0 Å². The second-order valence-corrected chi connectivity index (χ2v) is 7.64. The Morgan fingerprint density at radius 2 is 1.75 bits per heavy atom. The van der Waals surface area contributed by atoms with Crippen LogP contribution in [0.25, 0.3) is 11.0 Å². The van der Waals surface area contributed by atoms with Gasteiger partial charge in [0.15, 0.2) is 9.84 Å². The minimum Gasteiger partial charge on any atom is -0.489 e. The van der Waals surface area contributed by atoms with Crippen molar-refractivity contribution in [3.8, 4) is 5.75 Å². The van der Waals surface area contributed by atoms with Crippen molar-refractivity contribution >= 4 is 20.8 Å². The zero-order valence-electron chi connectivity index (χ0n) is 13.3. The molecule has 0 aliphatic rings. The molecule has 0 N–H and O–H groups in total. The Labute approximate surface area is 139 Å². The summed E-state index contributed by atoms with van der Waals surface area (Å²) in [6.07, 6.45) is 1.15. The average molecular weight is 344 g/mol. The maximum atomic E-state index is 11.7. The summed E-state index contributed by atoms with van der Waals surface area (Å²) in [5.74, 6) is 0.524. The third-order valence-electron chi connectivity index (χ3n) is 3.63. The van der Waals surface area contributed by atoms with Crippen molar-refractivity contribution in [2.45, 2.75) is 18.4 Å². The van der Waals surface area contributed by atoms with Gasteiger partial charge in [-0.15, -0.1) is 0 Å². The van der Waals surface area contributed by atoms with E-state index in [9.17, 15) is 13.2 Å². The number of rotatable bonds is 4. The van der Waals surface area contributed by atoms with Crippen molar-refractivity contribution in [2.75, 3.05) is 6.26 Å². The summed E-state index contributed by atoms with van der Waals surface area (Å²) in [4.78, 5) is 11.9. The van der Waals surface area contributed by atoms with E-state index in [1.807, 2.05) is 19.1 Å². The zero-order chi connectivity index (χ0) is 17.3. The number of benzene rings is 2. The van der Waals surface area contributed by atoms with E-state index in [4.69, 9.17) is 9.15 Å². The molecule has 0 bridgehead atoms. The van der Waals surface area contributed by atoms with E-state index in [0.717, 1.165) is 17.2 Å². The molecule has 0 saturated carbocycles. The number of ether oxygens (including phenoxy) is 1. The first-order chi connectivity index (χ1) is 11.3. The van der Waals surface area contributed by atoms with Gasteiger partial charge in [0.25, 0.3) is 0 Å². The molecule has 0 aliphatic carbocycles. The quantitative estimate of drug-likeness (QED) is 0.680. The summed E-state index contributed by atoms with van der Waals surface area (Å²) < 4.78 is 33.8. The van der Waals surface area contributed by atoms with E-state index in [1.54, 1.807) is 18.2 Å². The molecule has 0 unspecified atom stereocenters. The fraction of sp³-hybridized carbons (Fsp3) is 0.167. The van der Waals surface area contributed by atoms with Gasteiger partial charge in [-0.1, -0.05) is 12.1 Å². The van der Waals surface area contributed by atoms with Gasteiger partial charge in [-0.05, 0) is 42.8 Å². The van der Waals surface area contributed by atoms with Gasteiger partial charge in [-0.2, -0.15) is 0 Å². The third-order valence-corrected chi connectivity index (χ3v) is 4.76. The highest BCUT2D eigenvalue weighted by Gasteiger charge is 2.09. The molecular weight excluding hydrogens is 328 g/mol. The van der Waals surface area contributed by atoms with Crippen molar-refractivity contribution < 1.29 is 17.6 Å². The molecule has 6 heteroatoms. The molecule has 0 atom stereocenters. The van der Waals surface area contributed by atoms with Crippen LogP contribution in [0.5, 0.6) is 5.75 Å². The van der Waals surface area contributed by atoms with Gasteiger partial charge in [0.2, 0.25) is 0 Å². The van der Waals surface area contributed by atoms with Crippen LogP contribution in [0, 0.1) is 6.92 Å². The van der Waals surface area contributed by atoms with Gasteiger partial charge in [0.05, 0.1) is 4.90 Å². The monoisotopic (exact) mass is 344 g/mol. The number of fused-ring (bicyclic) bond motifs is 1. The second-order valence-electron chi connectivity index (χ2n) is 5.62. The maximum Gasteiger partial charge on any atom is 0.336 e. The van der Waals surface area contributed by atoms with Crippen molar-refractivity contribution in [1.29, 1.82) is 0 Å². The molecule has 0 spiro atoms. The molecule has 5 nitrogen and oxygen atoms in total. The van der Waals surface area contributed by atoms with Gasteiger partial charge in [0, 0.05) is 23.3 Å². The second kappa shape index (κ2) is 6.13. The minimum absolute atomic E-state index is 0.184. The first-order valence-electron chi connectivity index (χ1n) is 7.29. The Morgan fingerprint density at radius 3 is 2.42 bits per heavy atom. The molecule has 3 aromatic rings. The fourth-order valence-corrected chi connectivity index (χ4v) is 3.03. The predicted molar refractivity (Wildman–Crippen MR) is 91.1 cm³/mol. The van der Waals surface area contributed by atoms with E-state index < -0.39 is 15.5 Å². The smallest absolute Gasteiger partial charge is 0.336 e. The van der Waals surface area contributed by atoms with Crippen LogP contribution in [-0.4, -0.2) is 14.7 Å². The Bertz CT molecular complexity index is 1050. The van der Waals surface area contributed by atoms with Crippen LogP contribution in [-0.2, 0) is 16.4 Å². The highest BCUT2D eigenvalue weighted by Crippen LogP contribution is 2.21. The Kier molecular flexibility index (Phi) is 4.15. The Morgan fingerprint density at radius 1 is 1.04 bits per heavy atom. The van der Waals surface area contributed by atoms with Crippen LogP contribution in [0.3, 0.4) is 0 Å². The molecule has 0 amide bonds. The lowest BCUT2D eigenvalue weighted by molar-refractivity contribution is 0.306. The van der Waals surface area contributed by atoms with Crippen molar-refractivity contribution in [1.82, 2.24) is 0 Å². The van der Waals surface area contributed by atoms with Gasteiger partial charge in [0.1, 0.15) is 17.9 Å². The van der Waals surface area contributed by atoms with Crippen LogP contribution >= 0.6 is 0 Å². The lowest BCUT2D eigenvalue weighted by Crippen LogP contribution is -2.04. The molecule has 0 radical (unpaired) electrons. The Balaban J connectivity index is 1.87. The molecule has 1 aromatic heterocycles. The summed E-state index contributed by atoms with van der Waals surface area (Å²) in [5.41, 5.74) is 1.81. The molecule has 3 rings (SSSR count). The normalized spacial score (nSPS) is 11.6. The van der Waals surface area contributed by atoms with Gasteiger partial charge >= 0.3 is 5.63 Å². The van der Waals surface area contributed by atoms with E-state index in [1.165, 1.54) is 18.2 Å². The number of sulfone groups is 1. The molecule has 0 fully saturated rings. The standard InChI is InChI=1S/C18H16O5S/c1-12-3-8-16-13(10-18(19)23-17(16)9-12)11-22-14-4-6-15(7-5-14)24(2,20)21/h3-10H,11H2,1-2H3. The van der Waals surface area contributed by atoms with Crippen LogP contribution in [0.15, 0.2) is 62.6 Å². The van der Waals surface area contributed by atoms with Gasteiger partial charge in [-0.25, -0.2) is 13.2 Å². The van der Waals surface area contributed by atoms with E-state index >= 15 is 0 Å². The van der Waals surface area contributed by atoms with Crippen LogP contribution in [0.1, 0.15) is 11.1 Å². The SMILES string of the molecule is Cc1ccc2c(COc3ccc(S(C)(=O)=O)cc3)cc(=O)oc2c1. The number of hydrogen-bond acceptors (Lipinski definition) is 5. The highest BCUT2D eigenvalue weighted by molar-refractivity contribution is 7.90. The van der Waals surface area contributed by atoms with E-state index in [2.05, 4.69) is 0 Å². The third kappa shape index (κ3) is 3.49. The lowest BCUT2D eigenvalue weighted by Gasteiger charge is -2.09. The number of aryl methyl sites for hydroxylation is 1. The molecule has 124 valence electrons. The zero-order valence-corrected chi connectivity index (χ0v) is 14.1. The molecule has 0 saturated heterocycles. The lowest BCUT2D eigenvalue weighted by atomic mass is 10.1. The first kappa shape index (κ1) is 16.3. The summed E-state index contributed by atoms with van der Waals surface area (Å²) in [7, 11) is -3.23. The molecular formula is C18H16O5S. The first-order valence-corrected chi connectivity index (χ1v) is 9.18. The van der Waals surface area contributed by atoms with E-state index in [0.29, 0.717) is 16.9 Å². The molecule has 0 aliphatic heterocycles. The fourth-order valence-electron chi connectivity index (χ4n) is 2.40. The van der Waals surface area contributed by atoms with E-state index in [-0.39, 0.29) is 11.5 Å². The maximum absolute atomic E-state index is 11.7. The topological polar surface area (TPSA) is 73.6 Å². The predicted octanol–water partition coefficient (Wildman–Crippen LogP) is 3.08. The summed E-state index contributed by atoms with van der Waals surface area (Å²) >= 11 is 0. The van der Waals surface area contributed by atoms with Crippen LogP contribution < -0.4 is 10.4 Å². The summed E-state index contributed by atoms with van der Waals surface area (Å²) in [5, 5.41) is 0.813. The van der Waals surface area contributed by atoms with Crippen molar-refractivity contribution in [2.24, 2.45) is 0 Å². The molecule has 2 aromatic carbocycles. The largest absolute Gasteiger partial charge is 0.489 e. The Hall–Kier alpha value is -2.60. The summed E-state index contributed by atoms with van der Waals surface area (Å²) in [6.45, 7) is 2.11. The highest BCUT2D eigenvalue weighted by atomic mass is 32.2. The van der Waals surface area contributed by atoms with Gasteiger partial charge < -0.3 is 9.15 Å². The van der Waals surface area contributed by atoms with Gasteiger partial charge in [-0.3, -0.25) is 0 Å². The molecule has 24 heavy (non-hydrogen) atoms. The van der Waals surface area contributed by atoms with Crippen molar-refractivity contribution in [3.63, 3.8) is 0 Å².